The first-order valence-electron chi connectivity index (χ1n) is 7.38. The van der Waals surface area contributed by atoms with Crippen molar-refractivity contribution in [3.63, 3.8) is 0 Å². The number of rotatable bonds is 7. The maximum Gasteiger partial charge on any atom is 0.328 e. The molecule has 4 nitrogen and oxygen atoms in total. The smallest absolute Gasteiger partial charge is 0.328 e. The van der Waals surface area contributed by atoms with Gasteiger partial charge in [0.05, 0.1) is 6.61 Å². The topological polar surface area (TPSA) is 55.4 Å². The zero-order chi connectivity index (χ0) is 16.5. The number of hydrogen-bond acceptors (Lipinski definition) is 3. The fourth-order valence-electron chi connectivity index (χ4n) is 1.85. The average Bonchev–Trinajstić information content (AvgIpc) is 2.51. The standard InChI is InChI=1S/C17H22ClNO3/c1-4-12(3)16(17(21)22-5-2)19-15(20)11-8-13-6-9-14(18)10-7-13/h6-12,16H,4-5H2,1-3H3,(H,19,20)/b11-8+/t12?,16-/m1/s1. The molecule has 0 aliphatic heterocycles. The maximum atomic E-state index is 12.0. The highest BCUT2D eigenvalue weighted by molar-refractivity contribution is 6.30. The van der Waals surface area contributed by atoms with Gasteiger partial charge in [-0.05, 0) is 36.6 Å². The van der Waals surface area contributed by atoms with E-state index in [0.29, 0.717) is 11.6 Å². The van der Waals surface area contributed by atoms with Crippen molar-refractivity contribution in [3.8, 4) is 0 Å². The molecule has 0 fully saturated rings. The summed E-state index contributed by atoms with van der Waals surface area (Å²) in [4.78, 5) is 23.9. The molecule has 5 heteroatoms. The SMILES string of the molecule is CCOC(=O)[C@H](NC(=O)/C=C/c1ccc(Cl)cc1)C(C)CC. The summed E-state index contributed by atoms with van der Waals surface area (Å²) in [6.45, 7) is 5.91. The highest BCUT2D eigenvalue weighted by Crippen LogP contribution is 2.12. The Morgan fingerprint density at radius 2 is 1.91 bits per heavy atom. The highest BCUT2D eigenvalue weighted by Gasteiger charge is 2.26. The third-order valence-corrected chi connectivity index (χ3v) is 3.60. The van der Waals surface area contributed by atoms with Crippen LogP contribution in [0.4, 0.5) is 0 Å². The molecular weight excluding hydrogens is 302 g/mol. The average molecular weight is 324 g/mol. The zero-order valence-corrected chi connectivity index (χ0v) is 13.9. The van der Waals surface area contributed by atoms with Gasteiger partial charge in [-0.25, -0.2) is 4.79 Å². The van der Waals surface area contributed by atoms with E-state index >= 15 is 0 Å². The molecule has 1 aromatic carbocycles. The van der Waals surface area contributed by atoms with Gasteiger partial charge < -0.3 is 10.1 Å². The van der Waals surface area contributed by atoms with Crippen LogP contribution >= 0.6 is 11.6 Å². The van der Waals surface area contributed by atoms with E-state index in [2.05, 4.69) is 5.32 Å². The van der Waals surface area contributed by atoms with Crippen LogP contribution in [0.2, 0.25) is 5.02 Å². The van der Waals surface area contributed by atoms with Crippen LogP contribution in [0.15, 0.2) is 30.3 Å². The van der Waals surface area contributed by atoms with E-state index in [1.807, 2.05) is 26.0 Å². The van der Waals surface area contributed by atoms with E-state index in [1.54, 1.807) is 25.1 Å². The van der Waals surface area contributed by atoms with Crippen LogP contribution < -0.4 is 5.32 Å². The maximum absolute atomic E-state index is 12.0. The Bertz CT molecular complexity index is 525. The van der Waals surface area contributed by atoms with Gasteiger partial charge in [-0.1, -0.05) is 44.0 Å². The van der Waals surface area contributed by atoms with Crippen molar-refractivity contribution in [2.24, 2.45) is 5.92 Å². The number of esters is 1. The quantitative estimate of drug-likeness (QED) is 0.617. The number of carbonyl (C=O) groups is 2. The Morgan fingerprint density at radius 3 is 2.45 bits per heavy atom. The minimum Gasteiger partial charge on any atom is -0.464 e. The first-order chi connectivity index (χ1) is 10.5. The molecule has 0 aliphatic rings. The molecule has 0 saturated carbocycles. The summed E-state index contributed by atoms with van der Waals surface area (Å²) in [5.74, 6) is -0.717. The van der Waals surface area contributed by atoms with Crippen LogP contribution in [0.5, 0.6) is 0 Å². The summed E-state index contributed by atoms with van der Waals surface area (Å²) in [6, 6.07) is 6.49. The second-order valence-electron chi connectivity index (χ2n) is 5.01. The van der Waals surface area contributed by atoms with E-state index in [1.165, 1.54) is 6.08 Å². The molecular formula is C17H22ClNO3. The molecule has 1 amide bonds. The molecule has 120 valence electrons. The van der Waals surface area contributed by atoms with Crippen molar-refractivity contribution < 1.29 is 14.3 Å². The van der Waals surface area contributed by atoms with Gasteiger partial charge in [0.15, 0.2) is 0 Å². The molecule has 2 atom stereocenters. The molecule has 1 rings (SSSR count). The third kappa shape index (κ3) is 5.90. The van der Waals surface area contributed by atoms with Gasteiger partial charge in [-0.3, -0.25) is 4.79 Å². The number of benzene rings is 1. The monoisotopic (exact) mass is 323 g/mol. The fourth-order valence-corrected chi connectivity index (χ4v) is 1.97. The van der Waals surface area contributed by atoms with Crippen LogP contribution in [0, 0.1) is 5.92 Å². The van der Waals surface area contributed by atoms with Crippen LogP contribution in [0.25, 0.3) is 6.08 Å². The first-order valence-corrected chi connectivity index (χ1v) is 7.76. The lowest BCUT2D eigenvalue weighted by Crippen LogP contribution is -2.45. The minimum absolute atomic E-state index is 0.00642. The van der Waals surface area contributed by atoms with Crippen LogP contribution in [-0.4, -0.2) is 24.5 Å². The van der Waals surface area contributed by atoms with E-state index < -0.39 is 12.0 Å². The van der Waals surface area contributed by atoms with E-state index in [-0.39, 0.29) is 11.8 Å². The molecule has 22 heavy (non-hydrogen) atoms. The Balaban J connectivity index is 2.70. The van der Waals surface area contributed by atoms with Gasteiger partial charge in [-0.2, -0.15) is 0 Å². The summed E-state index contributed by atoms with van der Waals surface area (Å²) < 4.78 is 5.01. The summed E-state index contributed by atoms with van der Waals surface area (Å²) in [5, 5.41) is 3.35. The summed E-state index contributed by atoms with van der Waals surface area (Å²) in [6.07, 6.45) is 3.84. The lowest BCUT2D eigenvalue weighted by atomic mass is 9.99. The van der Waals surface area contributed by atoms with Crippen molar-refractivity contribution in [2.45, 2.75) is 33.2 Å². The molecule has 0 bridgehead atoms. The number of nitrogens with one attached hydrogen (secondary N) is 1. The molecule has 0 spiro atoms. The van der Waals surface area contributed by atoms with Gasteiger partial charge in [-0.15, -0.1) is 0 Å². The number of carbonyl (C=O) groups excluding carboxylic acids is 2. The molecule has 0 heterocycles. The fraction of sp³-hybridized carbons (Fsp3) is 0.412. The molecule has 0 saturated heterocycles. The lowest BCUT2D eigenvalue weighted by Gasteiger charge is -2.21. The van der Waals surface area contributed by atoms with Gasteiger partial charge in [0.2, 0.25) is 5.91 Å². The number of hydrogen-bond donors (Lipinski definition) is 1. The van der Waals surface area contributed by atoms with E-state index in [0.717, 1.165) is 12.0 Å². The van der Waals surface area contributed by atoms with Crippen LogP contribution in [0.1, 0.15) is 32.8 Å². The second kappa shape index (κ2) is 9.26. The molecule has 1 aromatic rings. The lowest BCUT2D eigenvalue weighted by molar-refractivity contribution is -0.148. The highest BCUT2D eigenvalue weighted by atomic mass is 35.5. The molecule has 0 aromatic heterocycles. The minimum atomic E-state index is -0.632. The van der Waals surface area contributed by atoms with Crippen molar-refractivity contribution in [2.75, 3.05) is 6.61 Å². The van der Waals surface area contributed by atoms with Gasteiger partial charge in [0, 0.05) is 11.1 Å². The Morgan fingerprint density at radius 1 is 1.27 bits per heavy atom. The predicted octanol–water partition coefficient (Wildman–Crippen LogP) is 3.45. The summed E-state index contributed by atoms with van der Waals surface area (Å²) in [7, 11) is 0. The van der Waals surface area contributed by atoms with Crippen LogP contribution in [0.3, 0.4) is 0 Å². The largest absolute Gasteiger partial charge is 0.464 e. The van der Waals surface area contributed by atoms with Gasteiger partial charge in [0.25, 0.3) is 0 Å². The number of halogens is 1. The Hall–Kier alpha value is -1.81. The summed E-state index contributed by atoms with van der Waals surface area (Å²) in [5.41, 5.74) is 0.857. The molecule has 0 radical (unpaired) electrons. The predicted molar refractivity (Wildman–Crippen MR) is 88.5 cm³/mol. The second-order valence-corrected chi connectivity index (χ2v) is 5.45. The Labute approximate surface area is 136 Å². The van der Waals surface area contributed by atoms with Crippen molar-refractivity contribution in [3.05, 3.63) is 40.9 Å². The van der Waals surface area contributed by atoms with Crippen molar-refractivity contribution in [1.82, 2.24) is 5.32 Å². The van der Waals surface area contributed by atoms with E-state index in [4.69, 9.17) is 16.3 Å². The van der Waals surface area contributed by atoms with Gasteiger partial charge >= 0.3 is 5.97 Å². The molecule has 1 N–H and O–H groups in total. The molecule has 0 aliphatic carbocycles. The van der Waals surface area contributed by atoms with Crippen molar-refractivity contribution >= 4 is 29.6 Å². The van der Waals surface area contributed by atoms with Crippen molar-refractivity contribution in [1.29, 1.82) is 0 Å². The molecule has 1 unspecified atom stereocenters. The Kier molecular flexibility index (Phi) is 7.67. The normalized spacial score (nSPS) is 13.6. The zero-order valence-electron chi connectivity index (χ0n) is 13.1. The first kappa shape index (κ1) is 18.2. The third-order valence-electron chi connectivity index (χ3n) is 3.35. The van der Waals surface area contributed by atoms with E-state index in [9.17, 15) is 9.59 Å². The number of ether oxygens (including phenoxy) is 1. The summed E-state index contributed by atoms with van der Waals surface area (Å²) >= 11 is 5.80. The number of amides is 1. The van der Waals surface area contributed by atoms with Gasteiger partial charge in [0.1, 0.15) is 6.04 Å². The van der Waals surface area contributed by atoms with Crippen LogP contribution in [-0.2, 0) is 14.3 Å².